The minimum absolute atomic E-state index is 0.0916. The standard InChI is InChI=1S/C26H36F2N4O9P/c1-16(2)39-23(35)17(3)30-42(37,41-20-9-7-6-8-10-20)38-15-21-22(34)26(27,28)24(40-21)32-12-11-18(29-25(32)36)13-19(33)14-31(4)5/h6-12,16-17,21-22,24,30,34,37H,13-15H2,1-5H3/q+1/t17-,21+,22+,24+,42?/m0/s1. The van der Waals surface area contributed by atoms with Crippen molar-refractivity contribution in [3.63, 3.8) is 0 Å². The molecule has 1 fully saturated rings. The highest BCUT2D eigenvalue weighted by molar-refractivity contribution is 7.58. The molecule has 232 valence electrons. The number of ketones is 1. The fraction of sp³-hybridized carbons (Fsp3) is 0.538. The minimum Gasteiger partial charge on any atom is -0.462 e. The number of nitrogens with one attached hydrogen (secondary N) is 1. The Morgan fingerprint density at radius 1 is 1.21 bits per heavy atom. The van der Waals surface area contributed by atoms with Crippen LogP contribution in [0.25, 0.3) is 0 Å². The van der Waals surface area contributed by atoms with Crippen LogP contribution in [0.5, 0.6) is 5.75 Å². The van der Waals surface area contributed by atoms with Gasteiger partial charge in [0.2, 0.25) is 6.23 Å². The number of nitrogens with zero attached hydrogens (tertiary/aromatic N) is 3. The summed E-state index contributed by atoms with van der Waals surface area (Å²) in [5.41, 5.74) is -1.02. The van der Waals surface area contributed by atoms with Crippen LogP contribution < -0.4 is 15.3 Å². The first kappa shape index (κ1) is 33.6. The van der Waals surface area contributed by atoms with Crippen LogP contribution in [0.15, 0.2) is 47.4 Å². The van der Waals surface area contributed by atoms with E-state index in [0.29, 0.717) is 4.57 Å². The molecule has 0 spiro atoms. The van der Waals surface area contributed by atoms with Crippen LogP contribution in [0.3, 0.4) is 0 Å². The van der Waals surface area contributed by atoms with Crippen LogP contribution in [0.2, 0.25) is 0 Å². The maximum absolute atomic E-state index is 15.1. The Balaban J connectivity index is 1.76. The maximum Gasteiger partial charge on any atom is 0.544 e. The van der Waals surface area contributed by atoms with E-state index in [0.717, 1.165) is 6.20 Å². The predicted molar refractivity (Wildman–Crippen MR) is 147 cm³/mol. The van der Waals surface area contributed by atoms with E-state index in [4.69, 9.17) is 18.5 Å². The van der Waals surface area contributed by atoms with Crippen molar-refractivity contribution in [2.24, 2.45) is 0 Å². The van der Waals surface area contributed by atoms with E-state index in [1.807, 2.05) is 0 Å². The first-order valence-corrected chi connectivity index (χ1v) is 14.6. The smallest absolute Gasteiger partial charge is 0.462 e. The normalized spacial score (nSPS) is 22.1. The number of benzene rings is 1. The Morgan fingerprint density at radius 3 is 2.48 bits per heavy atom. The quantitative estimate of drug-likeness (QED) is 0.207. The highest BCUT2D eigenvalue weighted by Gasteiger charge is 2.61. The largest absolute Gasteiger partial charge is 0.544 e. The van der Waals surface area contributed by atoms with E-state index in [-0.39, 0.29) is 30.2 Å². The summed E-state index contributed by atoms with van der Waals surface area (Å²) < 4.78 is 52.3. The lowest BCUT2D eigenvalue weighted by molar-refractivity contribution is -0.149. The third kappa shape index (κ3) is 8.80. The summed E-state index contributed by atoms with van der Waals surface area (Å²) in [6.45, 7) is 3.95. The van der Waals surface area contributed by atoms with Gasteiger partial charge in [0.1, 0.15) is 18.8 Å². The number of Topliss-reactive ketones (excluding diaryl/α,β-unsaturated/α-hetero) is 1. The molecule has 42 heavy (non-hydrogen) atoms. The molecule has 16 heteroatoms. The third-order valence-electron chi connectivity index (χ3n) is 5.84. The lowest BCUT2D eigenvalue weighted by Gasteiger charge is -2.22. The van der Waals surface area contributed by atoms with Gasteiger partial charge >= 0.3 is 25.7 Å². The van der Waals surface area contributed by atoms with Gasteiger partial charge in [0.05, 0.1) is 24.8 Å². The number of aliphatic hydroxyl groups excluding tert-OH is 1. The average molecular weight is 618 g/mol. The fourth-order valence-corrected chi connectivity index (χ4v) is 5.49. The van der Waals surface area contributed by atoms with Crippen molar-refractivity contribution in [1.82, 2.24) is 19.5 Å². The molecule has 0 radical (unpaired) electrons. The van der Waals surface area contributed by atoms with E-state index >= 15 is 8.78 Å². The molecule has 13 nitrogen and oxygen atoms in total. The fourth-order valence-electron chi connectivity index (χ4n) is 3.96. The van der Waals surface area contributed by atoms with Crippen molar-refractivity contribution in [2.75, 3.05) is 27.2 Å². The van der Waals surface area contributed by atoms with Gasteiger partial charge in [0.25, 0.3) is 0 Å². The summed E-state index contributed by atoms with van der Waals surface area (Å²) in [5.74, 6) is -4.79. The van der Waals surface area contributed by atoms with Crippen molar-refractivity contribution in [3.05, 3.63) is 58.8 Å². The molecule has 0 aliphatic carbocycles. The van der Waals surface area contributed by atoms with Gasteiger partial charge in [-0.05, 0) is 53.1 Å². The van der Waals surface area contributed by atoms with Crippen LogP contribution >= 0.6 is 8.09 Å². The molecule has 1 aliphatic rings. The predicted octanol–water partition coefficient (Wildman–Crippen LogP) is 1.51. The van der Waals surface area contributed by atoms with Crippen molar-refractivity contribution in [2.45, 2.75) is 63.7 Å². The summed E-state index contributed by atoms with van der Waals surface area (Å²) in [6.07, 6.45) is -6.06. The highest BCUT2D eigenvalue weighted by Crippen LogP contribution is 2.54. The number of likely N-dealkylation sites (N-methyl/N-ethyl adjacent to an activating group) is 1. The van der Waals surface area contributed by atoms with Gasteiger partial charge in [0.15, 0.2) is 17.6 Å². The summed E-state index contributed by atoms with van der Waals surface area (Å²) in [5, 5.41) is 12.9. The number of hydrogen-bond acceptors (Lipinski definition) is 12. The average Bonchev–Trinajstić information content (AvgIpc) is 3.10. The molecule has 2 heterocycles. The number of carbonyl (C=O) groups is 2. The number of esters is 1. The lowest BCUT2D eigenvalue weighted by Crippen LogP contribution is -2.42. The second-order valence-corrected chi connectivity index (χ2v) is 12.0. The number of hydrogen-bond donors (Lipinski definition) is 3. The molecule has 2 aromatic rings. The Bertz CT molecular complexity index is 1280. The summed E-state index contributed by atoms with van der Waals surface area (Å²) in [7, 11) is -0.807. The van der Waals surface area contributed by atoms with Gasteiger partial charge in [-0.1, -0.05) is 23.3 Å². The molecule has 5 atom stereocenters. The lowest BCUT2D eigenvalue weighted by atomic mass is 10.1. The van der Waals surface area contributed by atoms with Gasteiger partial charge in [-0.2, -0.15) is 23.2 Å². The van der Waals surface area contributed by atoms with Crippen molar-refractivity contribution >= 4 is 19.8 Å². The molecular formula is C26H36F2N4O9P+. The number of ether oxygens (including phenoxy) is 2. The maximum atomic E-state index is 15.1. The molecule has 0 saturated carbocycles. The van der Waals surface area contributed by atoms with Crippen LogP contribution in [-0.2, 0) is 30.0 Å². The number of aliphatic hydroxyl groups is 1. The van der Waals surface area contributed by atoms with Crippen LogP contribution in [0.4, 0.5) is 8.78 Å². The Morgan fingerprint density at radius 2 is 1.88 bits per heavy atom. The molecule has 0 amide bonds. The van der Waals surface area contributed by atoms with E-state index in [1.54, 1.807) is 51.0 Å². The van der Waals surface area contributed by atoms with Gasteiger partial charge in [-0.3, -0.25) is 18.7 Å². The molecular weight excluding hydrogens is 581 g/mol. The SMILES string of the molecule is CC(C)OC(=O)[C@H](C)N[P+](O)(OC[C@H]1O[C@@H](n2ccc(CC(=O)CN(C)C)nc2=O)C(F)(F)[C@@H]1O)Oc1ccccc1. The Kier molecular flexibility index (Phi) is 11.2. The zero-order valence-electron chi connectivity index (χ0n) is 23.8. The molecule has 3 rings (SSSR count). The number of alkyl halides is 2. The van der Waals surface area contributed by atoms with Crippen molar-refractivity contribution < 1.29 is 46.9 Å². The molecule has 3 N–H and O–H groups in total. The number of rotatable bonds is 14. The number of carbonyl (C=O) groups excluding carboxylic acids is 2. The molecule has 0 bridgehead atoms. The van der Waals surface area contributed by atoms with Crippen LogP contribution in [0, 0.1) is 0 Å². The van der Waals surface area contributed by atoms with E-state index in [1.165, 1.54) is 25.1 Å². The Labute approximate surface area is 242 Å². The highest BCUT2D eigenvalue weighted by atomic mass is 31.2. The Hall–Kier alpha value is -2.91. The summed E-state index contributed by atoms with van der Waals surface area (Å²) in [4.78, 5) is 53.5. The number of para-hydroxylation sites is 1. The van der Waals surface area contributed by atoms with Gasteiger partial charge in [-0.15, -0.1) is 0 Å². The van der Waals surface area contributed by atoms with Crippen LogP contribution in [0.1, 0.15) is 32.7 Å². The van der Waals surface area contributed by atoms with E-state index < -0.39 is 62.9 Å². The first-order chi connectivity index (χ1) is 19.6. The van der Waals surface area contributed by atoms with Gasteiger partial charge in [0, 0.05) is 6.20 Å². The van der Waals surface area contributed by atoms with Gasteiger partial charge in [-0.25, -0.2) is 4.79 Å². The molecule has 1 aromatic carbocycles. The second kappa shape index (κ2) is 14.0. The number of aromatic nitrogens is 2. The first-order valence-electron chi connectivity index (χ1n) is 13.1. The van der Waals surface area contributed by atoms with E-state index in [2.05, 4.69) is 10.1 Å². The number of halogens is 2. The molecule has 1 unspecified atom stereocenters. The zero-order chi connectivity index (χ0) is 31.2. The molecule has 1 aromatic heterocycles. The molecule has 1 aliphatic heterocycles. The molecule has 1 saturated heterocycles. The zero-order valence-corrected chi connectivity index (χ0v) is 24.7. The van der Waals surface area contributed by atoms with Crippen molar-refractivity contribution in [1.29, 1.82) is 0 Å². The van der Waals surface area contributed by atoms with Gasteiger partial charge < -0.3 is 19.5 Å². The van der Waals surface area contributed by atoms with E-state index in [9.17, 15) is 24.4 Å². The van der Waals surface area contributed by atoms with Crippen LogP contribution in [-0.4, -0.2) is 93.7 Å². The topological polar surface area (TPSA) is 162 Å². The minimum atomic E-state index is -4.20. The monoisotopic (exact) mass is 617 g/mol. The van der Waals surface area contributed by atoms with Crippen molar-refractivity contribution in [3.8, 4) is 5.75 Å². The summed E-state index contributed by atoms with van der Waals surface area (Å²) in [6, 6.07) is 8.01. The second-order valence-electron chi connectivity index (χ2n) is 10.3. The summed E-state index contributed by atoms with van der Waals surface area (Å²) >= 11 is 0. The third-order valence-corrected chi connectivity index (χ3v) is 7.51.